The topological polar surface area (TPSA) is 61.8 Å². The van der Waals surface area contributed by atoms with Crippen LogP contribution in [0.3, 0.4) is 0 Å². The average molecular weight is 411 g/mol. The zero-order valence-electron chi connectivity index (χ0n) is 12.8. The molecule has 0 aliphatic rings. The lowest BCUT2D eigenvalue weighted by Crippen LogP contribution is -2.14. The lowest BCUT2D eigenvalue weighted by Gasteiger charge is -2.21. The highest BCUT2D eigenvalue weighted by Gasteiger charge is 2.35. The molecular formula is C14H20BrO5PS. The van der Waals surface area contributed by atoms with Crippen molar-refractivity contribution in [3.63, 3.8) is 0 Å². The number of carbonyl (C=O) groups excluding carboxylic acids is 1. The molecule has 124 valence electrons. The molecule has 0 aliphatic heterocycles. The van der Waals surface area contributed by atoms with Crippen LogP contribution in [0.4, 0.5) is 0 Å². The van der Waals surface area contributed by atoms with Crippen molar-refractivity contribution in [2.75, 3.05) is 19.8 Å². The summed E-state index contributed by atoms with van der Waals surface area (Å²) in [6.07, 6.45) is 0. The summed E-state index contributed by atoms with van der Waals surface area (Å²) in [4.78, 5) is 12.3. The van der Waals surface area contributed by atoms with Gasteiger partial charge in [-0.15, -0.1) is 0 Å². The van der Waals surface area contributed by atoms with Gasteiger partial charge >= 0.3 is 12.8 Å². The highest BCUT2D eigenvalue weighted by molar-refractivity contribution is 9.10. The van der Waals surface area contributed by atoms with Gasteiger partial charge < -0.3 is 13.8 Å². The zero-order valence-corrected chi connectivity index (χ0v) is 16.1. The summed E-state index contributed by atoms with van der Waals surface area (Å²) in [5.41, 5.74) is 0.678. The molecule has 1 atom stereocenters. The number of ether oxygens (including phenoxy) is 1. The minimum absolute atomic E-state index is 0.234. The molecule has 0 heterocycles. The standard InChI is InChI=1S/C14H20BrO5PS/c1-4-18-14(16)13(11-8-7-9-12(15)10-11)22-21(17,19-5-2)20-6-3/h7-10,13H,4-6H2,1-3H3. The van der Waals surface area contributed by atoms with Crippen LogP contribution in [-0.4, -0.2) is 25.8 Å². The summed E-state index contributed by atoms with van der Waals surface area (Å²) < 4.78 is 29.1. The van der Waals surface area contributed by atoms with Crippen molar-refractivity contribution in [3.05, 3.63) is 34.3 Å². The maximum absolute atomic E-state index is 12.7. The first-order valence-electron chi connectivity index (χ1n) is 6.95. The third kappa shape index (κ3) is 6.05. The zero-order chi connectivity index (χ0) is 16.6. The molecule has 0 N–H and O–H groups in total. The lowest BCUT2D eigenvalue weighted by atomic mass is 10.1. The predicted octanol–water partition coefficient (Wildman–Crippen LogP) is 4.97. The van der Waals surface area contributed by atoms with Gasteiger partial charge in [-0.05, 0) is 49.8 Å². The SMILES string of the molecule is CCOC(=O)C(SP(=O)(OCC)OCC)c1cccc(Br)c1. The maximum Gasteiger partial charge on any atom is 0.390 e. The van der Waals surface area contributed by atoms with Crippen LogP contribution in [0.25, 0.3) is 0 Å². The van der Waals surface area contributed by atoms with Gasteiger partial charge in [0.1, 0.15) is 5.25 Å². The molecule has 0 saturated heterocycles. The van der Waals surface area contributed by atoms with Crippen molar-refractivity contribution in [1.29, 1.82) is 0 Å². The number of benzene rings is 1. The Hall–Kier alpha value is -0.330. The summed E-state index contributed by atoms with van der Waals surface area (Å²) in [5.74, 6) is -0.467. The number of esters is 1. The summed E-state index contributed by atoms with van der Waals surface area (Å²) in [6, 6.07) is 7.22. The summed E-state index contributed by atoms with van der Waals surface area (Å²) in [6.45, 7) is 2.46. The minimum Gasteiger partial charge on any atom is -0.465 e. The van der Waals surface area contributed by atoms with E-state index in [9.17, 15) is 9.36 Å². The Morgan fingerprint density at radius 1 is 1.23 bits per heavy atom. The molecule has 0 radical (unpaired) electrons. The number of halogens is 1. The molecule has 8 heteroatoms. The van der Waals surface area contributed by atoms with E-state index >= 15 is 0 Å². The van der Waals surface area contributed by atoms with E-state index in [0.717, 1.165) is 15.9 Å². The van der Waals surface area contributed by atoms with Crippen LogP contribution in [-0.2, 0) is 23.1 Å². The molecule has 1 aromatic carbocycles. The molecule has 0 bridgehead atoms. The predicted molar refractivity (Wildman–Crippen MR) is 92.0 cm³/mol. The van der Waals surface area contributed by atoms with Crippen LogP contribution < -0.4 is 0 Å². The lowest BCUT2D eigenvalue weighted by molar-refractivity contribution is -0.142. The summed E-state index contributed by atoms with van der Waals surface area (Å²) in [5, 5.41) is -0.776. The molecule has 0 saturated carbocycles. The Labute approximate surface area is 143 Å². The molecular weight excluding hydrogens is 391 g/mol. The molecule has 0 aromatic heterocycles. The van der Waals surface area contributed by atoms with E-state index in [1.54, 1.807) is 39.0 Å². The van der Waals surface area contributed by atoms with Crippen molar-refractivity contribution in [2.45, 2.75) is 26.0 Å². The van der Waals surface area contributed by atoms with Gasteiger partial charge in [-0.3, -0.25) is 4.79 Å². The minimum atomic E-state index is -3.43. The first-order chi connectivity index (χ1) is 10.5. The molecule has 0 spiro atoms. The van der Waals surface area contributed by atoms with E-state index in [4.69, 9.17) is 13.8 Å². The Kier molecular flexibility index (Phi) is 8.72. The molecule has 0 fully saturated rings. The molecule has 22 heavy (non-hydrogen) atoms. The van der Waals surface area contributed by atoms with E-state index < -0.39 is 18.0 Å². The highest BCUT2D eigenvalue weighted by Crippen LogP contribution is 2.65. The van der Waals surface area contributed by atoms with Gasteiger partial charge in [0.15, 0.2) is 0 Å². The molecule has 1 rings (SSSR count). The van der Waals surface area contributed by atoms with Crippen LogP contribution in [0.15, 0.2) is 28.7 Å². The molecule has 0 aliphatic carbocycles. The Morgan fingerprint density at radius 3 is 2.36 bits per heavy atom. The average Bonchev–Trinajstić information content (AvgIpc) is 2.45. The number of carbonyl (C=O) groups is 1. The van der Waals surface area contributed by atoms with Gasteiger partial charge in [0.25, 0.3) is 0 Å². The first-order valence-corrected chi connectivity index (χ1v) is 10.8. The van der Waals surface area contributed by atoms with E-state index in [-0.39, 0.29) is 19.8 Å². The van der Waals surface area contributed by atoms with Gasteiger partial charge in [0, 0.05) is 4.47 Å². The quantitative estimate of drug-likeness (QED) is 0.423. The monoisotopic (exact) mass is 410 g/mol. The second-order valence-electron chi connectivity index (χ2n) is 4.08. The third-order valence-corrected chi connectivity index (χ3v) is 7.08. The van der Waals surface area contributed by atoms with Crippen LogP contribution >= 0.6 is 34.1 Å². The normalized spacial score (nSPS) is 12.9. The molecule has 5 nitrogen and oxygen atoms in total. The fourth-order valence-electron chi connectivity index (χ4n) is 1.67. The molecule has 1 aromatic rings. The van der Waals surface area contributed by atoms with Crippen molar-refractivity contribution < 1.29 is 23.1 Å². The van der Waals surface area contributed by atoms with E-state index in [2.05, 4.69) is 15.9 Å². The van der Waals surface area contributed by atoms with Crippen molar-refractivity contribution >= 4 is 40.1 Å². The Morgan fingerprint density at radius 2 is 1.86 bits per heavy atom. The van der Waals surface area contributed by atoms with Crippen molar-refractivity contribution in [2.24, 2.45) is 0 Å². The van der Waals surface area contributed by atoms with Crippen LogP contribution in [0.5, 0.6) is 0 Å². The largest absolute Gasteiger partial charge is 0.465 e. The highest BCUT2D eigenvalue weighted by atomic mass is 79.9. The van der Waals surface area contributed by atoms with Crippen molar-refractivity contribution in [1.82, 2.24) is 0 Å². The Bertz CT molecular complexity index is 530. The summed E-state index contributed by atoms with van der Waals surface area (Å²) >= 11 is 4.23. The molecule has 0 amide bonds. The number of hydrogen-bond acceptors (Lipinski definition) is 6. The second kappa shape index (κ2) is 9.73. The Balaban J connectivity index is 3.09. The summed E-state index contributed by atoms with van der Waals surface area (Å²) in [7, 11) is 0. The van der Waals surface area contributed by atoms with Gasteiger partial charge in [-0.1, -0.05) is 28.1 Å². The fraction of sp³-hybridized carbons (Fsp3) is 0.500. The maximum atomic E-state index is 12.7. The molecule has 1 unspecified atom stereocenters. The number of hydrogen-bond donors (Lipinski definition) is 0. The fourth-order valence-corrected chi connectivity index (χ4v) is 5.99. The van der Waals surface area contributed by atoms with Gasteiger partial charge in [-0.2, -0.15) is 0 Å². The van der Waals surface area contributed by atoms with Crippen LogP contribution in [0, 0.1) is 0 Å². The van der Waals surface area contributed by atoms with E-state index in [1.165, 1.54) is 0 Å². The van der Waals surface area contributed by atoms with Crippen LogP contribution in [0.1, 0.15) is 31.6 Å². The van der Waals surface area contributed by atoms with Crippen molar-refractivity contribution in [3.8, 4) is 0 Å². The third-order valence-electron chi connectivity index (χ3n) is 2.46. The number of rotatable bonds is 9. The van der Waals surface area contributed by atoms with E-state index in [1.807, 2.05) is 6.07 Å². The smallest absolute Gasteiger partial charge is 0.390 e. The van der Waals surface area contributed by atoms with Gasteiger partial charge in [-0.25, -0.2) is 4.57 Å². The van der Waals surface area contributed by atoms with Gasteiger partial charge in [0.2, 0.25) is 0 Å². The van der Waals surface area contributed by atoms with E-state index in [0.29, 0.717) is 5.56 Å². The van der Waals surface area contributed by atoms with Crippen LogP contribution in [0.2, 0.25) is 0 Å². The van der Waals surface area contributed by atoms with Gasteiger partial charge in [0.05, 0.1) is 19.8 Å². The first kappa shape index (κ1) is 19.7. The second-order valence-corrected chi connectivity index (χ2v) is 9.06.